The van der Waals surface area contributed by atoms with Gasteiger partial charge < -0.3 is 14.1 Å². The second-order valence-electron chi connectivity index (χ2n) is 7.51. The predicted octanol–water partition coefficient (Wildman–Crippen LogP) is 4.84. The van der Waals surface area contributed by atoms with Crippen molar-refractivity contribution in [3.63, 3.8) is 0 Å². The number of nitrogens with one attached hydrogen (secondary N) is 1. The first kappa shape index (κ1) is 20.8. The molecule has 6 heteroatoms. The van der Waals surface area contributed by atoms with Crippen molar-refractivity contribution in [2.45, 2.75) is 33.8 Å². The van der Waals surface area contributed by atoms with Crippen molar-refractivity contribution in [2.75, 3.05) is 6.61 Å². The van der Waals surface area contributed by atoms with Crippen LogP contribution in [0, 0.1) is 13.8 Å². The van der Waals surface area contributed by atoms with Gasteiger partial charge in [0.2, 0.25) is 0 Å². The van der Waals surface area contributed by atoms with E-state index in [1.54, 1.807) is 18.5 Å². The molecule has 0 radical (unpaired) electrons. The fourth-order valence-corrected chi connectivity index (χ4v) is 3.42. The lowest BCUT2D eigenvalue weighted by Gasteiger charge is -2.08. The van der Waals surface area contributed by atoms with E-state index in [2.05, 4.69) is 40.1 Å². The van der Waals surface area contributed by atoms with Crippen molar-refractivity contribution in [3.8, 4) is 22.6 Å². The fourth-order valence-electron chi connectivity index (χ4n) is 3.42. The van der Waals surface area contributed by atoms with Gasteiger partial charge >= 0.3 is 0 Å². The fraction of sp³-hybridized carbons (Fsp3) is 0.240. The number of H-pyrrole nitrogens is 1. The van der Waals surface area contributed by atoms with Crippen molar-refractivity contribution in [2.24, 2.45) is 0 Å². The predicted molar refractivity (Wildman–Crippen MR) is 120 cm³/mol. The van der Waals surface area contributed by atoms with Crippen LogP contribution in [0.3, 0.4) is 0 Å². The lowest BCUT2D eigenvalue weighted by Crippen LogP contribution is -2.10. The van der Waals surface area contributed by atoms with Crippen molar-refractivity contribution in [1.29, 1.82) is 0 Å². The van der Waals surface area contributed by atoms with E-state index in [4.69, 9.17) is 9.15 Å². The molecule has 3 heterocycles. The van der Waals surface area contributed by atoms with Gasteiger partial charge in [-0.2, -0.15) is 0 Å². The zero-order valence-electron chi connectivity index (χ0n) is 17.9. The molecule has 4 aromatic rings. The van der Waals surface area contributed by atoms with E-state index in [0.717, 1.165) is 22.4 Å². The zero-order chi connectivity index (χ0) is 21.8. The molecule has 0 atom stereocenters. The van der Waals surface area contributed by atoms with Crippen LogP contribution in [0.15, 0.2) is 64.1 Å². The molecular formula is C25H25N3O3. The highest BCUT2D eigenvalue weighted by atomic mass is 16.5. The van der Waals surface area contributed by atoms with Crippen LogP contribution >= 0.6 is 0 Å². The van der Waals surface area contributed by atoms with E-state index in [0.29, 0.717) is 42.5 Å². The normalized spacial score (nSPS) is 11.1. The number of nitrogens with zero attached hydrogens (tertiary/aromatic N) is 2. The third-order valence-corrected chi connectivity index (χ3v) is 5.16. The number of hydrogen-bond acceptors (Lipinski definition) is 5. The van der Waals surface area contributed by atoms with Gasteiger partial charge in [0.25, 0.3) is 5.56 Å². The first-order valence-electron chi connectivity index (χ1n) is 10.3. The minimum atomic E-state index is -0.162. The second kappa shape index (κ2) is 9.10. The van der Waals surface area contributed by atoms with Crippen LogP contribution in [0.1, 0.15) is 35.2 Å². The average Bonchev–Trinajstić information content (AvgIpc) is 3.23. The Morgan fingerprint density at radius 3 is 2.74 bits per heavy atom. The molecule has 1 N–H and O–H groups in total. The molecule has 0 saturated carbocycles. The Balaban J connectivity index is 1.58. The molecule has 31 heavy (non-hydrogen) atoms. The number of benzene rings is 1. The number of hydrogen-bond donors (Lipinski definition) is 1. The van der Waals surface area contributed by atoms with Crippen LogP contribution in [-0.4, -0.2) is 21.6 Å². The Morgan fingerprint density at radius 1 is 1.06 bits per heavy atom. The van der Waals surface area contributed by atoms with E-state index in [1.165, 1.54) is 5.56 Å². The van der Waals surface area contributed by atoms with Crippen molar-refractivity contribution in [3.05, 3.63) is 93.5 Å². The molecule has 0 aliphatic heterocycles. The molecule has 4 rings (SSSR count). The lowest BCUT2D eigenvalue weighted by atomic mass is 10.0. The smallest absolute Gasteiger partial charge is 0.257 e. The molecule has 0 aliphatic rings. The molecule has 1 aromatic carbocycles. The average molecular weight is 415 g/mol. The summed E-state index contributed by atoms with van der Waals surface area (Å²) in [7, 11) is 0. The Labute approximate surface area is 181 Å². The standard InChI is InChI=1S/C25H25N3O3/c1-4-30-15-18-7-5-16(2)20(11-18)13-24-27-14-23(31-24)19-9-10-26-22(12-19)21-8-6-17(3)28-25(21)29/h5-12,14H,4,13,15H2,1-3H3,(H,28,29). The van der Waals surface area contributed by atoms with E-state index in [-0.39, 0.29) is 5.56 Å². The van der Waals surface area contributed by atoms with Gasteiger partial charge in [-0.25, -0.2) is 4.98 Å². The summed E-state index contributed by atoms with van der Waals surface area (Å²) in [5.74, 6) is 1.28. The molecule has 0 amide bonds. The number of rotatable bonds is 7. The minimum absolute atomic E-state index is 0.162. The third kappa shape index (κ3) is 4.81. The highest BCUT2D eigenvalue weighted by Gasteiger charge is 2.12. The zero-order valence-corrected chi connectivity index (χ0v) is 17.9. The quantitative estimate of drug-likeness (QED) is 0.467. The number of ether oxygens (including phenoxy) is 1. The number of pyridine rings is 2. The summed E-state index contributed by atoms with van der Waals surface area (Å²) < 4.78 is 11.6. The maximum absolute atomic E-state index is 12.3. The van der Waals surface area contributed by atoms with E-state index >= 15 is 0 Å². The Bertz CT molecular complexity index is 1260. The van der Waals surface area contributed by atoms with E-state index < -0.39 is 0 Å². The largest absolute Gasteiger partial charge is 0.440 e. The summed E-state index contributed by atoms with van der Waals surface area (Å²) in [6, 6.07) is 13.7. The number of oxazole rings is 1. The van der Waals surface area contributed by atoms with Gasteiger partial charge in [-0.05, 0) is 61.7 Å². The van der Waals surface area contributed by atoms with Crippen LogP contribution in [-0.2, 0) is 17.8 Å². The van der Waals surface area contributed by atoms with Crippen LogP contribution in [0.2, 0.25) is 0 Å². The highest BCUT2D eigenvalue weighted by molar-refractivity contribution is 5.66. The number of aromatic amines is 1. The van der Waals surface area contributed by atoms with Crippen molar-refractivity contribution >= 4 is 0 Å². The summed E-state index contributed by atoms with van der Waals surface area (Å²) in [5.41, 5.74) is 6.07. The van der Waals surface area contributed by atoms with E-state index in [1.807, 2.05) is 32.0 Å². The minimum Gasteiger partial charge on any atom is -0.440 e. The number of aromatic nitrogens is 3. The molecule has 3 aromatic heterocycles. The summed E-state index contributed by atoms with van der Waals surface area (Å²) in [6.45, 7) is 7.20. The maximum atomic E-state index is 12.3. The van der Waals surface area contributed by atoms with Crippen LogP contribution in [0.25, 0.3) is 22.6 Å². The highest BCUT2D eigenvalue weighted by Crippen LogP contribution is 2.25. The topological polar surface area (TPSA) is 81.0 Å². The van der Waals surface area contributed by atoms with Gasteiger partial charge in [0, 0.05) is 30.5 Å². The summed E-state index contributed by atoms with van der Waals surface area (Å²) >= 11 is 0. The van der Waals surface area contributed by atoms with Gasteiger partial charge in [0.05, 0.1) is 24.1 Å². The molecule has 6 nitrogen and oxygen atoms in total. The van der Waals surface area contributed by atoms with Crippen LogP contribution < -0.4 is 5.56 Å². The Hall–Kier alpha value is -3.51. The van der Waals surface area contributed by atoms with Gasteiger partial charge in [0.15, 0.2) is 11.7 Å². The first-order valence-corrected chi connectivity index (χ1v) is 10.3. The van der Waals surface area contributed by atoms with Crippen molar-refractivity contribution < 1.29 is 9.15 Å². The Morgan fingerprint density at radius 2 is 1.94 bits per heavy atom. The van der Waals surface area contributed by atoms with Crippen LogP contribution in [0.4, 0.5) is 0 Å². The summed E-state index contributed by atoms with van der Waals surface area (Å²) in [6.07, 6.45) is 3.99. The summed E-state index contributed by atoms with van der Waals surface area (Å²) in [5, 5.41) is 0. The van der Waals surface area contributed by atoms with Crippen LogP contribution in [0.5, 0.6) is 0 Å². The molecule has 158 valence electrons. The second-order valence-corrected chi connectivity index (χ2v) is 7.51. The molecule has 0 fully saturated rings. The van der Waals surface area contributed by atoms with Gasteiger partial charge in [-0.1, -0.05) is 18.2 Å². The monoisotopic (exact) mass is 415 g/mol. The van der Waals surface area contributed by atoms with E-state index in [9.17, 15) is 4.79 Å². The molecule has 0 saturated heterocycles. The summed E-state index contributed by atoms with van der Waals surface area (Å²) in [4.78, 5) is 23.9. The SMILES string of the molecule is CCOCc1ccc(C)c(Cc2ncc(-c3ccnc(-c4ccc(C)[nH]c4=O)c3)o2)c1. The third-order valence-electron chi connectivity index (χ3n) is 5.16. The molecule has 0 spiro atoms. The Kier molecular flexibility index (Phi) is 6.09. The first-order chi connectivity index (χ1) is 15.0. The lowest BCUT2D eigenvalue weighted by molar-refractivity contribution is 0.134. The number of aryl methyl sites for hydroxylation is 2. The van der Waals surface area contributed by atoms with Gasteiger partial charge in [-0.15, -0.1) is 0 Å². The van der Waals surface area contributed by atoms with Gasteiger partial charge in [-0.3, -0.25) is 9.78 Å². The molecular weight excluding hydrogens is 390 g/mol. The van der Waals surface area contributed by atoms with Crippen molar-refractivity contribution in [1.82, 2.24) is 15.0 Å². The maximum Gasteiger partial charge on any atom is 0.257 e. The molecule has 0 aliphatic carbocycles. The molecule has 0 unspecified atom stereocenters. The molecule has 0 bridgehead atoms. The van der Waals surface area contributed by atoms with Gasteiger partial charge in [0.1, 0.15) is 0 Å².